The van der Waals surface area contributed by atoms with E-state index in [2.05, 4.69) is 25.5 Å². The molecule has 1 aliphatic carbocycles. The van der Waals surface area contributed by atoms with Gasteiger partial charge in [0, 0.05) is 0 Å². The third-order valence-electron chi connectivity index (χ3n) is 5.57. The molecule has 1 aliphatic rings. The van der Waals surface area contributed by atoms with Crippen LogP contribution in [0.4, 0.5) is 0 Å². The molecule has 1 aromatic carbocycles. The Kier molecular flexibility index (Phi) is 5.63. The van der Waals surface area contributed by atoms with Crippen molar-refractivity contribution in [3.63, 3.8) is 0 Å². The van der Waals surface area contributed by atoms with E-state index in [-0.39, 0.29) is 29.2 Å². The van der Waals surface area contributed by atoms with Gasteiger partial charge in [0.1, 0.15) is 12.6 Å². The van der Waals surface area contributed by atoms with Crippen LogP contribution < -0.4 is 5.76 Å². The lowest BCUT2D eigenvalue weighted by molar-refractivity contribution is -0.152. The van der Waals surface area contributed by atoms with Gasteiger partial charge in [0.2, 0.25) is 0 Å². The quantitative estimate of drug-likeness (QED) is 0.744. The van der Waals surface area contributed by atoms with Gasteiger partial charge in [0.15, 0.2) is 5.58 Å². The Morgan fingerprint density at radius 3 is 2.46 bits per heavy atom. The first-order chi connectivity index (χ1) is 13.2. The summed E-state index contributed by atoms with van der Waals surface area (Å²) in [6.07, 6.45) is 3.65. The van der Waals surface area contributed by atoms with Crippen LogP contribution in [0.25, 0.3) is 11.1 Å². The van der Waals surface area contributed by atoms with Crippen molar-refractivity contribution in [2.45, 2.75) is 59.1 Å². The number of ether oxygens (including phenoxy) is 2. The fourth-order valence-corrected chi connectivity index (χ4v) is 3.86. The molecule has 0 saturated heterocycles. The lowest BCUT2D eigenvalue weighted by atomic mass is 9.72. The number of hydrogen-bond donors (Lipinski definition) is 0. The Morgan fingerprint density at radius 2 is 1.86 bits per heavy atom. The van der Waals surface area contributed by atoms with E-state index in [4.69, 9.17) is 9.15 Å². The van der Waals surface area contributed by atoms with E-state index in [1.54, 1.807) is 6.07 Å². The Morgan fingerprint density at radius 1 is 1.18 bits per heavy atom. The molecule has 0 spiro atoms. The van der Waals surface area contributed by atoms with Gasteiger partial charge in [-0.2, -0.15) is 0 Å². The topological polar surface area (TPSA) is 87.7 Å². The molecule has 1 aromatic heterocycles. The van der Waals surface area contributed by atoms with Crippen LogP contribution in [0, 0.1) is 11.3 Å². The normalized spacial score (nSPS) is 20.1. The summed E-state index contributed by atoms with van der Waals surface area (Å²) >= 11 is 0. The van der Waals surface area contributed by atoms with Crippen molar-refractivity contribution in [1.82, 2.24) is 4.57 Å². The smallest absolute Gasteiger partial charge is 0.420 e. The SMILES string of the molecule is COC(=O)c1ccc2c(c1)oc(=O)n2CC(=O)OC1CCC(C(C)(C)C)CC1. The molecule has 152 valence electrons. The molecule has 28 heavy (non-hydrogen) atoms. The average Bonchev–Trinajstić information content (AvgIpc) is 2.95. The zero-order valence-electron chi connectivity index (χ0n) is 16.8. The molecule has 3 rings (SSSR count). The number of methoxy groups -OCH3 is 1. The highest BCUT2D eigenvalue weighted by Crippen LogP contribution is 2.38. The van der Waals surface area contributed by atoms with E-state index in [9.17, 15) is 14.4 Å². The van der Waals surface area contributed by atoms with Gasteiger partial charge >= 0.3 is 17.7 Å². The van der Waals surface area contributed by atoms with Crippen LogP contribution in [0.1, 0.15) is 56.8 Å². The number of benzene rings is 1. The lowest BCUT2D eigenvalue weighted by Gasteiger charge is -2.36. The Hall–Kier alpha value is -2.57. The van der Waals surface area contributed by atoms with Gasteiger partial charge in [0.05, 0.1) is 18.2 Å². The number of esters is 2. The summed E-state index contributed by atoms with van der Waals surface area (Å²) in [4.78, 5) is 36.1. The predicted octanol–water partition coefficient (Wildman–Crippen LogP) is 3.53. The number of aromatic nitrogens is 1. The number of rotatable bonds is 4. The van der Waals surface area contributed by atoms with Crippen LogP contribution in [-0.2, 0) is 20.8 Å². The molecule has 0 amide bonds. The number of hydrogen-bond acceptors (Lipinski definition) is 6. The largest absolute Gasteiger partial charge is 0.465 e. The first-order valence-corrected chi connectivity index (χ1v) is 9.60. The van der Waals surface area contributed by atoms with Crippen LogP contribution in [-0.4, -0.2) is 29.7 Å². The van der Waals surface area contributed by atoms with Gasteiger partial charge in [-0.3, -0.25) is 9.36 Å². The average molecular weight is 389 g/mol. The number of oxazole rings is 1. The van der Waals surface area contributed by atoms with E-state index in [0.29, 0.717) is 11.4 Å². The lowest BCUT2D eigenvalue weighted by Crippen LogP contribution is -2.32. The molecule has 2 aromatic rings. The van der Waals surface area contributed by atoms with Crippen LogP contribution in [0.3, 0.4) is 0 Å². The minimum absolute atomic E-state index is 0.106. The molecule has 1 fully saturated rings. The third-order valence-corrected chi connectivity index (χ3v) is 5.57. The predicted molar refractivity (Wildman–Crippen MR) is 103 cm³/mol. The summed E-state index contributed by atoms with van der Waals surface area (Å²) in [6.45, 7) is 6.51. The van der Waals surface area contributed by atoms with Crippen LogP contribution in [0.2, 0.25) is 0 Å². The summed E-state index contributed by atoms with van der Waals surface area (Å²) in [7, 11) is 1.28. The second kappa shape index (κ2) is 7.81. The molecule has 1 saturated carbocycles. The van der Waals surface area contributed by atoms with E-state index in [1.165, 1.54) is 23.8 Å². The van der Waals surface area contributed by atoms with E-state index < -0.39 is 17.7 Å². The molecule has 1 heterocycles. The molecular formula is C21H27NO6. The van der Waals surface area contributed by atoms with Gasteiger partial charge in [-0.05, 0) is 55.2 Å². The second-order valence-electron chi connectivity index (χ2n) is 8.46. The first kappa shape index (κ1) is 20.2. The number of fused-ring (bicyclic) bond motifs is 1. The summed E-state index contributed by atoms with van der Waals surface area (Å²) in [5.74, 6) is -1.01. The van der Waals surface area contributed by atoms with Crippen LogP contribution in [0.15, 0.2) is 27.4 Å². The van der Waals surface area contributed by atoms with Crippen LogP contribution in [0.5, 0.6) is 0 Å². The maximum atomic E-state index is 12.4. The van der Waals surface area contributed by atoms with Gasteiger partial charge in [0.25, 0.3) is 0 Å². The number of nitrogens with zero attached hydrogens (tertiary/aromatic N) is 1. The van der Waals surface area contributed by atoms with Crippen molar-refractivity contribution in [2.75, 3.05) is 7.11 Å². The summed E-state index contributed by atoms with van der Waals surface area (Å²) in [5.41, 5.74) is 1.20. The standard InChI is InChI=1S/C21H27NO6/c1-21(2,3)14-6-8-15(9-7-14)27-18(23)12-22-16-10-5-13(19(24)26-4)11-17(16)28-20(22)25/h5,10-11,14-15H,6-9,12H2,1-4H3. The van der Waals surface area contributed by atoms with Gasteiger partial charge in [-0.15, -0.1) is 0 Å². The Bertz CT molecular complexity index is 924. The molecule has 0 radical (unpaired) electrons. The molecule has 0 bridgehead atoms. The fraction of sp³-hybridized carbons (Fsp3) is 0.571. The molecule has 0 unspecified atom stereocenters. The minimum Gasteiger partial charge on any atom is -0.465 e. The second-order valence-corrected chi connectivity index (χ2v) is 8.46. The van der Waals surface area contributed by atoms with Gasteiger partial charge in [-0.25, -0.2) is 9.59 Å². The van der Waals surface area contributed by atoms with Crippen molar-refractivity contribution in [3.8, 4) is 0 Å². The summed E-state index contributed by atoms with van der Waals surface area (Å²) in [5, 5.41) is 0. The maximum absolute atomic E-state index is 12.4. The van der Waals surface area contributed by atoms with Crippen molar-refractivity contribution in [1.29, 1.82) is 0 Å². The molecule has 0 N–H and O–H groups in total. The number of carbonyl (C=O) groups excluding carboxylic acids is 2. The molecule has 7 heteroatoms. The maximum Gasteiger partial charge on any atom is 0.420 e. The highest BCUT2D eigenvalue weighted by atomic mass is 16.5. The zero-order chi connectivity index (χ0) is 20.5. The van der Waals surface area contributed by atoms with E-state index in [0.717, 1.165) is 25.7 Å². The zero-order valence-corrected chi connectivity index (χ0v) is 16.8. The highest BCUT2D eigenvalue weighted by Gasteiger charge is 2.31. The van der Waals surface area contributed by atoms with Gasteiger partial charge in [-0.1, -0.05) is 20.8 Å². The van der Waals surface area contributed by atoms with Crippen molar-refractivity contribution < 1.29 is 23.5 Å². The minimum atomic E-state index is -0.662. The third kappa shape index (κ3) is 4.29. The van der Waals surface area contributed by atoms with E-state index in [1.807, 2.05) is 0 Å². The Labute approximate surface area is 163 Å². The molecular weight excluding hydrogens is 362 g/mol. The van der Waals surface area contributed by atoms with Crippen molar-refractivity contribution in [2.24, 2.45) is 11.3 Å². The first-order valence-electron chi connectivity index (χ1n) is 9.60. The van der Waals surface area contributed by atoms with E-state index >= 15 is 0 Å². The fourth-order valence-electron chi connectivity index (χ4n) is 3.86. The molecule has 0 aliphatic heterocycles. The summed E-state index contributed by atoms with van der Waals surface area (Å²) in [6, 6.07) is 4.52. The van der Waals surface area contributed by atoms with Gasteiger partial charge < -0.3 is 13.9 Å². The monoisotopic (exact) mass is 389 g/mol. The molecule has 0 atom stereocenters. The number of carbonyl (C=O) groups is 2. The van der Waals surface area contributed by atoms with Crippen molar-refractivity contribution >= 4 is 23.0 Å². The van der Waals surface area contributed by atoms with Crippen molar-refractivity contribution in [3.05, 3.63) is 34.3 Å². The molecule has 7 nitrogen and oxygen atoms in total. The van der Waals surface area contributed by atoms with Crippen LogP contribution >= 0.6 is 0 Å². The summed E-state index contributed by atoms with van der Waals surface area (Å²) < 4.78 is 16.6. The highest BCUT2D eigenvalue weighted by molar-refractivity contribution is 5.93. The Balaban J connectivity index is 1.66.